The van der Waals surface area contributed by atoms with Crippen molar-refractivity contribution in [2.45, 2.75) is 6.54 Å². The first-order valence-electron chi connectivity index (χ1n) is 6.00. The summed E-state index contributed by atoms with van der Waals surface area (Å²) in [4.78, 5) is 27.1. The summed E-state index contributed by atoms with van der Waals surface area (Å²) < 4.78 is 26.3. The summed E-state index contributed by atoms with van der Waals surface area (Å²) in [5, 5.41) is 4.32. The average molecular weight is 291 g/mol. The van der Waals surface area contributed by atoms with E-state index in [-0.39, 0.29) is 6.54 Å². The number of amides is 2. The molecular weight excluding hydrogens is 280 g/mol. The summed E-state index contributed by atoms with van der Waals surface area (Å²) in [6.45, 7) is 0.0543. The minimum atomic E-state index is -1.09. The van der Waals surface area contributed by atoms with E-state index >= 15 is 0 Å². The number of benzene rings is 1. The number of rotatable bonds is 3. The maximum absolute atomic E-state index is 13.3. The smallest absolute Gasteiger partial charge is 0.313 e. The fourth-order valence-electron chi connectivity index (χ4n) is 1.53. The highest BCUT2D eigenvalue weighted by molar-refractivity contribution is 6.39. The molecule has 5 nitrogen and oxygen atoms in total. The second-order valence-electron chi connectivity index (χ2n) is 4.08. The fraction of sp³-hybridized carbons (Fsp3) is 0.0714. The minimum absolute atomic E-state index is 0.0543. The molecule has 1 aromatic heterocycles. The zero-order chi connectivity index (χ0) is 15.2. The lowest BCUT2D eigenvalue weighted by Gasteiger charge is -2.07. The van der Waals surface area contributed by atoms with E-state index in [4.69, 9.17) is 0 Å². The van der Waals surface area contributed by atoms with Crippen molar-refractivity contribution in [3.05, 3.63) is 59.9 Å². The third-order valence-electron chi connectivity index (χ3n) is 2.54. The molecule has 7 heteroatoms. The maximum Gasteiger partial charge on any atom is 0.313 e. The summed E-state index contributed by atoms with van der Waals surface area (Å²) in [7, 11) is 0. The largest absolute Gasteiger partial charge is 0.342 e. The first-order chi connectivity index (χ1) is 10.1. The molecule has 0 aliphatic carbocycles. The van der Waals surface area contributed by atoms with Gasteiger partial charge in [-0.1, -0.05) is 6.07 Å². The molecule has 0 saturated carbocycles. The van der Waals surface area contributed by atoms with Crippen molar-refractivity contribution in [3.63, 3.8) is 0 Å². The molecule has 0 aliphatic heterocycles. The van der Waals surface area contributed by atoms with Crippen LogP contribution in [0.3, 0.4) is 0 Å². The Morgan fingerprint density at radius 3 is 2.62 bits per heavy atom. The number of carbonyl (C=O) groups is 2. The second kappa shape index (κ2) is 6.56. The number of hydrogen-bond acceptors (Lipinski definition) is 3. The Morgan fingerprint density at radius 2 is 1.90 bits per heavy atom. The van der Waals surface area contributed by atoms with Gasteiger partial charge < -0.3 is 10.6 Å². The minimum Gasteiger partial charge on any atom is -0.342 e. The first kappa shape index (κ1) is 14.6. The van der Waals surface area contributed by atoms with Gasteiger partial charge in [0.15, 0.2) is 0 Å². The average Bonchev–Trinajstić information content (AvgIpc) is 2.49. The van der Waals surface area contributed by atoms with Crippen LogP contribution in [-0.2, 0) is 16.1 Å². The lowest BCUT2D eigenvalue weighted by atomic mass is 10.3. The van der Waals surface area contributed by atoms with Gasteiger partial charge in [0.05, 0.1) is 17.9 Å². The van der Waals surface area contributed by atoms with Gasteiger partial charge in [-0.3, -0.25) is 14.6 Å². The third-order valence-corrected chi connectivity index (χ3v) is 2.54. The Kier molecular flexibility index (Phi) is 4.55. The maximum atomic E-state index is 13.3. The number of aromatic nitrogens is 1. The topological polar surface area (TPSA) is 71.1 Å². The van der Waals surface area contributed by atoms with E-state index in [9.17, 15) is 18.4 Å². The third kappa shape index (κ3) is 4.07. The van der Waals surface area contributed by atoms with Crippen LogP contribution in [0.25, 0.3) is 0 Å². The van der Waals surface area contributed by atoms with E-state index in [2.05, 4.69) is 10.3 Å². The van der Waals surface area contributed by atoms with E-state index < -0.39 is 29.1 Å². The SMILES string of the molecule is O=C(NCc1ccccn1)C(=O)Nc1cc(F)ccc1F. The molecule has 0 fully saturated rings. The van der Waals surface area contributed by atoms with E-state index in [0.29, 0.717) is 5.69 Å². The lowest BCUT2D eigenvalue weighted by Crippen LogP contribution is -2.35. The second-order valence-corrected chi connectivity index (χ2v) is 4.08. The molecule has 0 bridgehead atoms. The molecule has 0 atom stereocenters. The number of carbonyl (C=O) groups excluding carboxylic acids is 2. The molecule has 2 rings (SSSR count). The van der Waals surface area contributed by atoms with Crippen LogP contribution in [0.2, 0.25) is 0 Å². The van der Waals surface area contributed by atoms with E-state index in [1.807, 2.05) is 5.32 Å². The Balaban J connectivity index is 1.94. The highest BCUT2D eigenvalue weighted by Gasteiger charge is 2.15. The van der Waals surface area contributed by atoms with Gasteiger partial charge in [-0.05, 0) is 24.3 Å². The Labute approximate surface area is 119 Å². The predicted molar refractivity (Wildman–Crippen MR) is 71.1 cm³/mol. The molecule has 0 spiro atoms. The van der Waals surface area contributed by atoms with Crippen molar-refractivity contribution < 1.29 is 18.4 Å². The molecule has 1 aromatic carbocycles. The first-order valence-corrected chi connectivity index (χ1v) is 6.00. The van der Waals surface area contributed by atoms with Gasteiger partial charge in [0.1, 0.15) is 11.6 Å². The molecule has 2 aromatic rings. The Bertz CT molecular complexity index is 663. The molecule has 108 valence electrons. The zero-order valence-electron chi connectivity index (χ0n) is 10.8. The predicted octanol–water partition coefficient (Wildman–Crippen LogP) is 1.61. The zero-order valence-corrected chi connectivity index (χ0v) is 10.8. The highest BCUT2D eigenvalue weighted by Crippen LogP contribution is 2.14. The van der Waals surface area contributed by atoms with Crippen LogP contribution in [0.5, 0.6) is 0 Å². The van der Waals surface area contributed by atoms with Gasteiger partial charge in [-0.2, -0.15) is 0 Å². The van der Waals surface area contributed by atoms with Crippen molar-refractivity contribution in [3.8, 4) is 0 Å². The van der Waals surface area contributed by atoms with E-state index in [1.165, 1.54) is 0 Å². The molecular formula is C14H11F2N3O2. The van der Waals surface area contributed by atoms with Crippen LogP contribution >= 0.6 is 0 Å². The van der Waals surface area contributed by atoms with Gasteiger partial charge in [-0.25, -0.2) is 8.78 Å². The molecule has 2 N–H and O–H groups in total. The van der Waals surface area contributed by atoms with Gasteiger partial charge >= 0.3 is 11.8 Å². The number of nitrogens with one attached hydrogen (secondary N) is 2. The Morgan fingerprint density at radius 1 is 1.10 bits per heavy atom. The normalized spacial score (nSPS) is 10.0. The summed E-state index contributed by atoms with van der Waals surface area (Å²) in [5.41, 5.74) is 0.170. The number of halogens is 2. The molecule has 2 amide bonds. The van der Waals surface area contributed by atoms with Crippen LogP contribution in [-0.4, -0.2) is 16.8 Å². The van der Waals surface area contributed by atoms with Crippen molar-refractivity contribution in [2.75, 3.05) is 5.32 Å². The number of anilines is 1. The lowest BCUT2D eigenvalue weighted by molar-refractivity contribution is -0.136. The monoisotopic (exact) mass is 291 g/mol. The highest BCUT2D eigenvalue weighted by atomic mass is 19.1. The number of pyridine rings is 1. The van der Waals surface area contributed by atoms with Crippen LogP contribution in [0.15, 0.2) is 42.6 Å². The summed E-state index contributed by atoms with van der Waals surface area (Å²) in [6.07, 6.45) is 1.55. The van der Waals surface area contributed by atoms with E-state index in [0.717, 1.165) is 18.2 Å². The molecule has 0 unspecified atom stereocenters. The number of hydrogen-bond donors (Lipinski definition) is 2. The van der Waals surface area contributed by atoms with E-state index in [1.54, 1.807) is 24.4 Å². The van der Waals surface area contributed by atoms with Gasteiger partial charge in [-0.15, -0.1) is 0 Å². The molecule has 0 saturated heterocycles. The van der Waals surface area contributed by atoms with Gasteiger partial charge in [0.2, 0.25) is 0 Å². The summed E-state index contributed by atoms with van der Waals surface area (Å²) >= 11 is 0. The van der Waals surface area contributed by atoms with Crippen LogP contribution in [0.1, 0.15) is 5.69 Å². The fourth-order valence-corrected chi connectivity index (χ4v) is 1.53. The van der Waals surface area contributed by atoms with Gasteiger partial charge in [0, 0.05) is 12.3 Å². The quantitative estimate of drug-likeness (QED) is 0.844. The molecule has 0 radical (unpaired) electrons. The summed E-state index contributed by atoms with van der Waals surface area (Å²) in [5.74, 6) is -3.61. The van der Waals surface area contributed by atoms with Crippen molar-refractivity contribution in [2.24, 2.45) is 0 Å². The summed E-state index contributed by atoms with van der Waals surface area (Å²) in [6, 6.07) is 7.67. The van der Waals surface area contributed by atoms with Crippen molar-refractivity contribution >= 4 is 17.5 Å². The van der Waals surface area contributed by atoms with Crippen LogP contribution in [0.4, 0.5) is 14.5 Å². The van der Waals surface area contributed by atoms with Crippen LogP contribution < -0.4 is 10.6 Å². The number of nitrogens with zero attached hydrogens (tertiary/aromatic N) is 1. The molecule has 0 aliphatic rings. The van der Waals surface area contributed by atoms with Crippen molar-refractivity contribution in [1.29, 1.82) is 0 Å². The van der Waals surface area contributed by atoms with Crippen LogP contribution in [0, 0.1) is 11.6 Å². The molecule has 21 heavy (non-hydrogen) atoms. The standard InChI is InChI=1S/C14H11F2N3O2/c15-9-4-5-11(16)12(7-9)19-14(21)13(20)18-8-10-3-1-2-6-17-10/h1-7H,8H2,(H,18,20)(H,19,21). The Hall–Kier alpha value is -2.83. The van der Waals surface area contributed by atoms with Gasteiger partial charge in [0.25, 0.3) is 0 Å². The van der Waals surface area contributed by atoms with Crippen molar-refractivity contribution in [1.82, 2.24) is 10.3 Å². The molecule has 1 heterocycles.